The van der Waals surface area contributed by atoms with Crippen LogP contribution in [0.25, 0.3) is 0 Å². The molecular weight excluding hydrogens is 244 g/mol. The predicted octanol–water partition coefficient (Wildman–Crippen LogP) is 3.18. The van der Waals surface area contributed by atoms with E-state index in [1.165, 1.54) is 42.7 Å². The Morgan fingerprint density at radius 2 is 2.00 bits per heavy atom. The standard InChI is InChI=1S/C15H21ClN2/c1-10-14(16)4-3-12-13(9-18(2)15(10)12)11-5-7-17-8-6-11/h3-4,11,13,17H,5-9H2,1-2H3. The summed E-state index contributed by atoms with van der Waals surface area (Å²) in [5.74, 6) is 1.53. The number of anilines is 1. The molecule has 0 aromatic heterocycles. The second-order valence-corrected chi connectivity index (χ2v) is 6.09. The molecule has 1 atom stereocenters. The van der Waals surface area contributed by atoms with E-state index >= 15 is 0 Å². The minimum Gasteiger partial charge on any atom is -0.373 e. The van der Waals surface area contributed by atoms with Gasteiger partial charge in [0.05, 0.1) is 0 Å². The largest absolute Gasteiger partial charge is 0.373 e. The maximum atomic E-state index is 6.25. The van der Waals surface area contributed by atoms with Crippen LogP contribution < -0.4 is 10.2 Å². The first-order valence-electron chi connectivity index (χ1n) is 6.89. The van der Waals surface area contributed by atoms with E-state index in [4.69, 9.17) is 11.6 Å². The highest BCUT2D eigenvalue weighted by Gasteiger charge is 2.34. The molecule has 0 saturated carbocycles. The van der Waals surface area contributed by atoms with Gasteiger partial charge in [-0.15, -0.1) is 0 Å². The summed E-state index contributed by atoms with van der Waals surface area (Å²) in [4.78, 5) is 2.39. The van der Waals surface area contributed by atoms with Crippen molar-refractivity contribution >= 4 is 17.3 Å². The Balaban J connectivity index is 1.96. The van der Waals surface area contributed by atoms with E-state index in [9.17, 15) is 0 Å². The highest BCUT2D eigenvalue weighted by atomic mass is 35.5. The number of halogens is 1. The topological polar surface area (TPSA) is 15.3 Å². The van der Waals surface area contributed by atoms with Crippen LogP contribution in [-0.2, 0) is 0 Å². The van der Waals surface area contributed by atoms with Crippen molar-refractivity contribution in [2.45, 2.75) is 25.7 Å². The van der Waals surface area contributed by atoms with Gasteiger partial charge < -0.3 is 10.2 Å². The lowest BCUT2D eigenvalue weighted by Crippen LogP contribution is -2.32. The maximum Gasteiger partial charge on any atom is 0.0456 e. The molecule has 0 radical (unpaired) electrons. The third-order valence-corrected chi connectivity index (χ3v) is 5.01. The van der Waals surface area contributed by atoms with Crippen molar-refractivity contribution in [3.8, 4) is 0 Å². The molecule has 2 aliphatic rings. The molecule has 1 aromatic rings. The van der Waals surface area contributed by atoms with Crippen molar-refractivity contribution < 1.29 is 0 Å². The van der Waals surface area contributed by atoms with Gasteiger partial charge in [0.1, 0.15) is 0 Å². The molecule has 0 amide bonds. The van der Waals surface area contributed by atoms with Crippen LogP contribution in [0, 0.1) is 12.8 Å². The molecule has 1 fully saturated rings. The fourth-order valence-electron chi connectivity index (χ4n) is 3.64. The molecule has 0 spiro atoms. The highest BCUT2D eigenvalue weighted by molar-refractivity contribution is 6.31. The van der Waals surface area contributed by atoms with E-state index in [-0.39, 0.29) is 0 Å². The van der Waals surface area contributed by atoms with Crippen LogP contribution in [0.3, 0.4) is 0 Å². The van der Waals surface area contributed by atoms with E-state index < -0.39 is 0 Å². The summed E-state index contributed by atoms with van der Waals surface area (Å²) in [6.07, 6.45) is 2.61. The quantitative estimate of drug-likeness (QED) is 0.838. The third-order valence-electron chi connectivity index (χ3n) is 4.60. The van der Waals surface area contributed by atoms with Gasteiger partial charge in [0.25, 0.3) is 0 Å². The van der Waals surface area contributed by atoms with Gasteiger partial charge in [0.15, 0.2) is 0 Å². The molecule has 18 heavy (non-hydrogen) atoms. The van der Waals surface area contributed by atoms with E-state index in [2.05, 4.69) is 36.3 Å². The Morgan fingerprint density at radius 1 is 1.28 bits per heavy atom. The summed E-state index contributed by atoms with van der Waals surface area (Å²) >= 11 is 6.25. The van der Waals surface area contributed by atoms with E-state index in [1.54, 1.807) is 0 Å². The van der Waals surface area contributed by atoms with Crippen LogP contribution in [0.1, 0.15) is 29.9 Å². The number of fused-ring (bicyclic) bond motifs is 1. The molecule has 1 N–H and O–H groups in total. The van der Waals surface area contributed by atoms with Gasteiger partial charge in [-0.2, -0.15) is 0 Å². The van der Waals surface area contributed by atoms with Gasteiger partial charge in [-0.3, -0.25) is 0 Å². The zero-order valence-corrected chi connectivity index (χ0v) is 11.9. The van der Waals surface area contributed by atoms with Gasteiger partial charge in [-0.1, -0.05) is 17.7 Å². The molecule has 2 aliphatic heterocycles. The van der Waals surface area contributed by atoms with Crippen LogP contribution in [0.15, 0.2) is 12.1 Å². The normalized spacial score (nSPS) is 24.4. The van der Waals surface area contributed by atoms with Crippen molar-refractivity contribution in [2.75, 3.05) is 31.6 Å². The van der Waals surface area contributed by atoms with Crippen molar-refractivity contribution in [3.05, 3.63) is 28.3 Å². The minimum atomic E-state index is 0.697. The van der Waals surface area contributed by atoms with Crippen molar-refractivity contribution in [1.82, 2.24) is 5.32 Å². The van der Waals surface area contributed by atoms with E-state index in [0.29, 0.717) is 5.92 Å². The number of hydrogen-bond donors (Lipinski definition) is 1. The SMILES string of the molecule is Cc1c(Cl)ccc2c1N(C)CC2C1CCNCC1. The Hall–Kier alpha value is -0.730. The van der Waals surface area contributed by atoms with Crippen LogP contribution >= 0.6 is 11.6 Å². The first kappa shape index (κ1) is 12.3. The predicted molar refractivity (Wildman–Crippen MR) is 77.8 cm³/mol. The fraction of sp³-hybridized carbons (Fsp3) is 0.600. The maximum absolute atomic E-state index is 6.25. The lowest BCUT2D eigenvalue weighted by molar-refractivity contribution is 0.327. The number of piperidine rings is 1. The second kappa shape index (κ2) is 4.75. The Kier molecular flexibility index (Phi) is 3.25. The fourth-order valence-corrected chi connectivity index (χ4v) is 3.79. The molecule has 0 aliphatic carbocycles. The average Bonchev–Trinajstić information content (AvgIpc) is 2.73. The monoisotopic (exact) mass is 264 g/mol. The summed E-state index contributed by atoms with van der Waals surface area (Å²) in [6, 6.07) is 4.32. The van der Waals surface area contributed by atoms with Crippen LogP contribution in [0.5, 0.6) is 0 Å². The summed E-state index contributed by atoms with van der Waals surface area (Å²) in [5.41, 5.74) is 4.14. The van der Waals surface area contributed by atoms with Crippen molar-refractivity contribution in [2.24, 2.45) is 5.92 Å². The summed E-state index contributed by atoms with van der Waals surface area (Å²) in [7, 11) is 2.20. The Morgan fingerprint density at radius 3 is 2.72 bits per heavy atom. The van der Waals surface area contributed by atoms with E-state index in [1.807, 2.05) is 0 Å². The summed E-state index contributed by atoms with van der Waals surface area (Å²) < 4.78 is 0. The van der Waals surface area contributed by atoms with Gasteiger partial charge in [0.2, 0.25) is 0 Å². The summed E-state index contributed by atoms with van der Waals surface area (Å²) in [6.45, 7) is 5.64. The molecular formula is C15H21ClN2. The number of benzene rings is 1. The Labute approximate surface area is 114 Å². The van der Waals surface area contributed by atoms with Crippen molar-refractivity contribution in [3.63, 3.8) is 0 Å². The van der Waals surface area contributed by atoms with E-state index in [0.717, 1.165) is 17.5 Å². The van der Waals surface area contributed by atoms with Gasteiger partial charge in [-0.05, 0) is 56.0 Å². The van der Waals surface area contributed by atoms with Gasteiger partial charge in [0, 0.05) is 30.2 Å². The first-order chi connectivity index (χ1) is 8.68. The second-order valence-electron chi connectivity index (χ2n) is 5.68. The number of hydrogen-bond acceptors (Lipinski definition) is 2. The van der Waals surface area contributed by atoms with Gasteiger partial charge >= 0.3 is 0 Å². The van der Waals surface area contributed by atoms with Crippen LogP contribution in [0.4, 0.5) is 5.69 Å². The molecule has 2 nitrogen and oxygen atoms in total. The molecule has 3 rings (SSSR count). The number of likely N-dealkylation sites (N-methyl/N-ethyl adjacent to an activating group) is 1. The zero-order valence-electron chi connectivity index (χ0n) is 11.2. The van der Waals surface area contributed by atoms with Crippen molar-refractivity contribution in [1.29, 1.82) is 0 Å². The molecule has 1 saturated heterocycles. The average molecular weight is 265 g/mol. The Bertz CT molecular complexity index is 452. The van der Waals surface area contributed by atoms with Crippen LogP contribution in [-0.4, -0.2) is 26.7 Å². The first-order valence-corrected chi connectivity index (χ1v) is 7.27. The highest BCUT2D eigenvalue weighted by Crippen LogP contribution is 2.45. The zero-order chi connectivity index (χ0) is 12.7. The van der Waals surface area contributed by atoms with Crippen LogP contribution in [0.2, 0.25) is 5.02 Å². The van der Waals surface area contributed by atoms with Gasteiger partial charge in [-0.25, -0.2) is 0 Å². The molecule has 1 aromatic carbocycles. The summed E-state index contributed by atoms with van der Waals surface area (Å²) in [5, 5.41) is 4.35. The number of nitrogens with one attached hydrogen (secondary N) is 1. The number of nitrogens with zero attached hydrogens (tertiary/aromatic N) is 1. The minimum absolute atomic E-state index is 0.697. The number of rotatable bonds is 1. The lowest BCUT2D eigenvalue weighted by atomic mass is 9.81. The molecule has 3 heteroatoms. The smallest absolute Gasteiger partial charge is 0.0456 e. The molecule has 0 bridgehead atoms. The molecule has 2 heterocycles. The third kappa shape index (κ3) is 1.92. The lowest BCUT2D eigenvalue weighted by Gasteiger charge is -2.28. The molecule has 98 valence electrons. The molecule has 1 unspecified atom stereocenters.